The van der Waals surface area contributed by atoms with Crippen molar-refractivity contribution in [2.45, 2.75) is 64.9 Å². The van der Waals surface area contributed by atoms with Crippen molar-refractivity contribution in [3.63, 3.8) is 0 Å². The number of nitrogens with zero attached hydrogens (tertiary/aromatic N) is 2. The zero-order chi connectivity index (χ0) is 25.4. The Morgan fingerprint density at radius 1 is 1.26 bits per heavy atom. The zero-order valence-corrected chi connectivity index (χ0v) is 20.4. The van der Waals surface area contributed by atoms with Gasteiger partial charge in [-0.3, -0.25) is 9.88 Å². The summed E-state index contributed by atoms with van der Waals surface area (Å²) < 4.78 is 52.2. The molecule has 0 fully saturated rings. The molecule has 1 unspecified atom stereocenters. The Morgan fingerprint density at radius 2 is 1.94 bits per heavy atom. The van der Waals surface area contributed by atoms with Crippen molar-refractivity contribution in [2.75, 3.05) is 6.61 Å². The highest BCUT2D eigenvalue weighted by Gasteiger charge is 2.47. The number of carboxylic acid groups (broad SMARTS) is 1. The first kappa shape index (κ1) is 25.9. The minimum Gasteiger partial charge on any atom is -0.490 e. The Kier molecular flexibility index (Phi) is 7.26. The highest BCUT2D eigenvalue weighted by molar-refractivity contribution is 6.32. The smallest absolute Gasteiger partial charge is 0.429 e. The first-order chi connectivity index (χ1) is 15.7. The number of carbonyl (C=O) groups is 1. The highest BCUT2D eigenvalue weighted by atomic mass is 35.5. The molecule has 1 amide bonds. The van der Waals surface area contributed by atoms with Gasteiger partial charge in [-0.2, -0.15) is 13.2 Å². The van der Waals surface area contributed by atoms with Crippen molar-refractivity contribution in [3.05, 3.63) is 41.2 Å². The van der Waals surface area contributed by atoms with Gasteiger partial charge in [-0.05, 0) is 50.8 Å². The lowest BCUT2D eigenvalue weighted by Gasteiger charge is -2.40. The van der Waals surface area contributed by atoms with Crippen LogP contribution in [0.25, 0.3) is 11.1 Å². The number of amides is 1. The third-order valence-electron chi connectivity index (χ3n) is 5.47. The fourth-order valence-electron chi connectivity index (χ4n) is 4.22. The van der Waals surface area contributed by atoms with E-state index in [1.807, 2.05) is 13.8 Å². The molecule has 0 radical (unpaired) electrons. The van der Waals surface area contributed by atoms with Crippen LogP contribution in [0.15, 0.2) is 30.6 Å². The fraction of sp³-hybridized carbons (Fsp3) is 0.500. The summed E-state index contributed by atoms with van der Waals surface area (Å²) in [6, 6.07) is 3.81. The van der Waals surface area contributed by atoms with Crippen LogP contribution in [0.4, 0.5) is 18.0 Å². The molecule has 0 bridgehead atoms. The number of ether oxygens (including phenoxy) is 2. The molecule has 186 valence electrons. The van der Waals surface area contributed by atoms with Crippen molar-refractivity contribution in [3.8, 4) is 22.6 Å². The second-order valence-electron chi connectivity index (χ2n) is 9.70. The Hall–Kier alpha value is -2.68. The number of benzene rings is 1. The van der Waals surface area contributed by atoms with Crippen LogP contribution < -0.4 is 9.47 Å². The van der Waals surface area contributed by atoms with Crippen LogP contribution in [0.1, 0.15) is 52.7 Å². The fourth-order valence-corrected chi connectivity index (χ4v) is 4.43. The molecule has 1 aliphatic heterocycles. The maximum atomic E-state index is 13.7. The monoisotopic (exact) mass is 500 g/mol. The van der Waals surface area contributed by atoms with Crippen LogP contribution >= 0.6 is 11.6 Å². The third kappa shape index (κ3) is 5.51. The zero-order valence-electron chi connectivity index (χ0n) is 19.6. The number of fused-ring (bicyclic) bond motifs is 3. The van der Waals surface area contributed by atoms with Gasteiger partial charge in [0.2, 0.25) is 6.10 Å². The number of aromatic nitrogens is 1. The van der Waals surface area contributed by atoms with Gasteiger partial charge in [-0.1, -0.05) is 25.4 Å². The Labute approximate surface area is 201 Å². The molecule has 34 heavy (non-hydrogen) atoms. The number of hydrogen-bond acceptors (Lipinski definition) is 4. The Balaban J connectivity index is 1.95. The summed E-state index contributed by atoms with van der Waals surface area (Å²) in [5.41, 5.74) is -0.0494. The number of hydrogen-bond donors (Lipinski definition) is 1. The lowest BCUT2D eigenvalue weighted by atomic mass is 9.94. The maximum absolute atomic E-state index is 13.7. The molecule has 1 N–H and O–H groups in total. The van der Waals surface area contributed by atoms with Gasteiger partial charge in [0.25, 0.3) is 0 Å². The molecule has 1 aromatic carbocycles. The van der Waals surface area contributed by atoms with Crippen LogP contribution in [0.3, 0.4) is 0 Å². The van der Waals surface area contributed by atoms with Crippen LogP contribution in [-0.2, 0) is 0 Å². The van der Waals surface area contributed by atoms with E-state index in [9.17, 15) is 23.1 Å². The molecule has 2 atom stereocenters. The van der Waals surface area contributed by atoms with E-state index in [0.29, 0.717) is 17.5 Å². The van der Waals surface area contributed by atoms with E-state index in [2.05, 4.69) is 4.98 Å². The third-order valence-corrected chi connectivity index (χ3v) is 5.76. The molecule has 10 heteroatoms. The molecule has 0 saturated heterocycles. The van der Waals surface area contributed by atoms with Gasteiger partial charge < -0.3 is 14.6 Å². The van der Waals surface area contributed by atoms with Gasteiger partial charge in [-0.15, -0.1) is 0 Å². The average molecular weight is 501 g/mol. The second-order valence-corrected chi connectivity index (χ2v) is 10.1. The van der Waals surface area contributed by atoms with Crippen molar-refractivity contribution in [2.24, 2.45) is 5.92 Å². The molecular weight excluding hydrogens is 473 g/mol. The molecule has 0 spiro atoms. The molecule has 0 aliphatic carbocycles. The van der Waals surface area contributed by atoms with Gasteiger partial charge in [0.05, 0.1) is 11.1 Å². The van der Waals surface area contributed by atoms with Gasteiger partial charge in [0, 0.05) is 35.1 Å². The second kappa shape index (κ2) is 9.52. The van der Waals surface area contributed by atoms with Crippen LogP contribution in [0.2, 0.25) is 5.02 Å². The van der Waals surface area contributed by atoms with Crippen LogP contribution in [-0.4, -0.2) is 45.4 Å². The summed E-state index contributed by atoms with van der Waals surface area (Å²) in [5.74, 6) is 0.274. The van der Waals surface area contributed by atoms with Crippen molar-refractivity contribution < 1.29 is 32.5 Å². The van der Waals surface area contributed by atoms with E-state index in [1.165, 1.54) is 29.3 Å². The summed E-state index contributed by atoms with van der Waals surface area (Å²) in [5, 5.41) is 9.99. The van der Waals surface area contributed by atoms with Crippen LogP contribution in [0, 0.1) is 5.92 Å². The molecule has 2 heterocycles. The van der Waals surface area contributed by atoms with E-state index in [-0.39, 0.29) is 34.6 Å². The molecular formula is C24H28ClF3N2O4. The molecule has 0 saturated carbocycles. The Bertz CT molecular complexity index is 1050. The van der Waals surface area contributed by atoms with E-state index in [4.69, 9.17) is 21.1 Å². The van der Waals surface area contributed by atoms with E-state index >= 15 is 0 Å². The summed E-state index contributed by atoms with van der Waals surface area (Å²) >= 11 is 6.43. The summed E-state index contributed by atoms with van der Waals surface area (Å²) in [7, 11) is 0. The lowest BCUT2D eigenvalue weighted by molar-refractivity contribution is -0.198. The molecule has 1 aromatic heterocycles. The average Bonchev–Trinajstić information content (AvgIpc) is 2.69. The maximum Gasteiger partial charge on any atom is 0.429 e. The first-order valence-electron chi connectivity index (χ1n) is 10.9. The number of alkyl halides is 3. The predicted molar refractivity (Wildman–Crippen MR) is 122 cm³/mol. The van der Waals surface area contributed by atoms with Crippen molar-refractivity contribution in [1.29, 1.82) is 0 Å². The quantitative estimate of drug-likeness (QED) is 0.463. The summed E-state index contributed by atoms with van der Waals surface area (Å²) in [4.78, 5) is 17.1. The number of pyridine rings is 1. The van der Waals surface area contributed by atoms with Gasteiger partial charge >= 0.3 is 12.3 Å². The lowest BCUT2D eigenvalue weighted by Crippen LogP contribution is -2.53. The molecule has 1 aliphatic rings. The minimum absolute atomic E-state index is 0.0215. The standard InChI is InChI=1S/C24H28ClF3N2O4/c1-13(2)8-14(30(22(31)32)23(3,4)5)12-33-20-10-19-16(9-18(20)25)15-6-7-29-11-17(15)21(34-19)24(26,27)28/h6-7,9-11,13-14,21H,8,12H2,1-5H3,(H,31,32)/t14-,21?/m0/s1. The topological polar surface area (TPSA) is 71.9 Å². The molecule has 6 nitrogen and oxygen atoms in total. The molecule has 3 rings (SSSR count). The number of rotatable bonds is 6. The van der Waals surface area contributed by atoms with Gasteiger partial charge in [0.1, 0.15) is 18.1 Å². The summed E-state index contributed by atoms with van der Waals surface area (Å²) in [6.45, 7) is 9.29. The largest absolute Gasteiger partial charge is 0.490 e. The predicted octanol–water partition coefficient (Wildman–Crippen LogP) is 6.97. The van der Waals surface area contributed by atoms with E-state index in [1.54, 1.807) is 20.8 Å². The van der Waals surface area contributed by atoms with Crippen molar-refractivity contribution in [1.82, 2.24) is 9.88 Å². The van der Waals surface area contributed by atoms with E-state index in [0.717, 1.165) is 6.20 Å². The molecule has 2 aromatic rings. The van der Waals surface area contributed by atoms with Crippen molar-refractivity contribution >= 4 is 17.7 Å². The van der Waals surface area contributed by atoms with E-state index < -0.39 is 30.0 Å². The van der Waals surface area contributed by atoms with Gasteiger partial charge in [-0.25, -0.2) is 4.79 Å². The first-order valence-corrected chi connectivity index (χ1v) is 11.2. The normalized spacial score (nSPS) is 16.4. The summed E-state index contributed by atoms with van der Waals surface area (Å²) in [6.07, 6.45) is -4.83. The minimum atomic E-state index is -4.65. The Morgan fingerprint density at radius 3 is 2.50 bits per heavy atom. The SMILES string of the molecule is CC(C)C[C@@H](COc1cc2c(cc1Cl)-c1ccncc1C(C(F)(F)F)O2)N(C(=O)O)C(C)(C)C. The van der Waals surface area contributed by atoms with Crippen LogP contribution in [0.5, 0.6) is 11.5 Å². The highest BCUT2D eigenvalue weighted by Crippen LogP contribution is 2.50. The number of halogens is 4. The van der Waals surface area contributed by atoms with Gasteiger partial charge in [0.15, 0.2) is 0 Å².